The van der Waals surface area contributed by atoms with Crippen LogP contribution >= 0.6 is 24.0 Å². The van der Waals surface area contributed by atoms with Crippen LogP contribution in [0.25, 0.3) is 0 Å². The van der Waals surface area contributed by atoms with Crippen molar-refractivity contribution in [1.82, 2.24) is 5.32 Å². The van der Waals surface area contributed by atoms with E-state index < -0.39 is 12.6 Å². The second-order valence-electron chi connectivity index (χ2n) is 4.29. The van der Waals surface area contributed by atoms with Crippen molar-refractivity contribution in [3.63, 3.8) is 0 Å². The van der Waals surface area contributed by atoms with Crippen LogP contribution in [-0.2, 0) is 0 Å². The van der Waals surface area contributed by atoms with Gasteiger partial charge >= 0.3 is 6.18 Å². The highest BCUT2D eigenvalue weighted by molar-refractivity contribution is 14.0. The monoisotopic (exact) mass is 447 g/mol. The summed E-state index contributed by atoms with van der Waals surface area (Å²) in [5.41, 5.74) is 0.629. The molecule has 0 heterocycles. The molecule has 1 rings (SSSR count). The number of methoxy groups -OCH3 is 1. The first kappa shape index (κ1) is 21.6. The zero-order valence-corrected chi connectivity index (χ0v) is 15.5. The van der Waals surface area contributed by atoms with E-state index in [0.717, 1.165) is 0 Å². The summed E-state index contributed by atoms with van der Waals surface area (Å²) in [4.78, 5) is 3.88. The molecule has 132 valence electrons. The quantitative estimate of drug-likeness (QED) is 0.397. The number of hydrogen-bond donors (Lipinski definition) is 2. The summed E-state index contributed by atoms with van der Waals surface area (Å²) in [5, 5.41) is 5.50. The smallest absolute Gasteiger partial charge is 0.390 e. The molecule has 0 unspecified atom stereocenters. The van der Waals surface area contributed by atoms with Gasteiger partial charge in [-0.05, 0) is 19.1 Å². The van der Waals surface area contributed by atoms with Gasteiger partial charge in [0, 0.05) is 25.3 Å². The third-order valence-electron chi connectivity index (χ3n) is 2.65. The molecule has 0 aliphatic rings. The first-order valence-electron chi connectivity index (χ1n) is 6.75. The van der Waals surface area contributed by atoms with Crippen LogP contribution in [0.2, 0.25) is 0 Å². The van der Waals surface area contributed by atoms with E-state index in [9.17, 15) is 13.2 Å². The Balaban J connectivity index is 0.00000484. The van der Waals surface area contributed by atoms with Gasteiger partial charge in [0.15, 0.2) is 17.5 Å². The number of nitrogens with one attached hydrogen (secondary N) is 2. The summed E-state index contributed by atoms with van der Waals surface area (Å²) >= 11 is 0. The van der Waals surface area contributed by atoms with Crippen molar-refractivity contribution in [3.05, 3.63) is 18.2 Å². The summed E-state index contributed by atoms with van der Waals surface area (Å²) in [6.07, 6.45) is -5.13. The largest absolute Gasteiger partial charge is 0.493 e. The number of benzene rings is 1. The average molecular weight is 447 g/mol. The number of nitrogens with zero attached hydrogens (tertiary/aromatic N) is 1. The van der Waals surface area contributed by atoms with Crippen molar-refractivity contribution in [3.8, 4) is 11.5 Å². The Hall–Kier alpha value is -1.39. The van der Waals surface area contributed by atoms with Crippen LogP contribution in [0.15, 0.2) is 23.2 Å². The highest BCUT2D eigenvalue weighted by atomic mass is 127. The van der Waals surface area contributed by atoms with E-state index in [1.807, 2.05) is 6.92 Å². The van der Waals surface area contributed by atoms with E-state index in [1.54, 1.807) is 18.2 Å². The lowest BCUT2D eigenvalue weighted by atomic mass is 10.2. The minimum absolute atomic E-state index is 0. The number of guanidine groups is 1. The number of halogens is 4. The standard InChI is InChI=1S/C14H20F3N3O2.HI/c1-4-22-12-9-10(5-6-11(12)21-3)20-13(18-2)19-8-7-14(15,16)17;/h5-6,9H,4,7-8H2,1-3H3,(H2,18,19,20);1H. The van der Waals surface area contributed by atoms with Crippen molar-refractivity contribution in [2.75, 3.05) is 32.6 Å². The Morgan fingerprint density at radius 2 is 1.96 bits per heavy atom. The van der Waals surface area contributed by atoms with Crippen molar-refractivity contribution in [2.24, 2.45) is 4.99 Å². The molecule has 9 heteroatoms. The number of ether oxygens (including phenoxy) is 2. The number of hydrogen-bond acceptors (Lipinski definition) is 3. The minimum Gasteiger partial charge on any atom is -0.493 e. The van der Waals surface area contributed by atoms with E-state index >= 15 is 0 Å². The van der Waals surface area contributed by atoms with Gasteiger partial charge < -0.3 is 20.1 Å². The maximum Gasteiger partial charge on any atom is 0.390 e. The van der Waals surface area contributed by atoms with Crippen molar-refractivity contribution in [1.29, 1.82) is 0 Å². The molecule has 2 N–H and O–H groups in total. The molecule has 23 heavy (non-hydrogen) atoms. The summed E-state index contributed by atoms with van der Waals surface area (Å²) < 4.78 is 47.0. The molecule has 0 fully saturated rings. The average Bonchev–Trinajstić information content (AvgIpc) is 2.45. The van der Waals surface area contributed by atoms with Gasteiger partial charge in [0.1, 0.15) is 0 Å². The Labute approximate surface area is 150 Å². The zero-order chi connectivity index (χ0) is 16.6. The molecule has 0 aliphatic heterocycles. The zero-order valence-electron chi connectivity index (χ0n) is 13.2. The van der Waals surface area contributed by atoms with Crippen LogP contribution in [0.3, 0.4) is 0 Å². The van der Waals surface area contributed by atoms with E-state index in [0.29, 0.717) is 23.8 Å². The SMILES string of the molecule is CCOc1cc(NC(=NC)NCCC(F)(F)F)ccc1OC.I. The van der Waals surface area contributed by atoms with Crippen molar-refractivity contribution in [2.45, 2.75) is 19.5 Å². The molecule has 0 aromatic heterocycles. The molecular weight excluding hydrogens is 426 g/mol. The lowest BCUT2D eigenvalue weighted by Crippen LogP contribution is -2.33. The molecule has 0 bridgehead atoms. The van der Waals surface area contributed by atoms with Gasteiger partial charge in [-0.15, -0.1) is 24.0 Å². The Morgan fingerprint density at radius 3 is 2.48 bits per heavy atom. The Bertz CT molecular complexity index is 511. The second-order valence-corrected chi connectivity index (χ2v) is 4.29. The number of aliphatic imine (C=N–C) groups is 1. The van der Waals surface area contributed by atoms with Crippen LogP contribution in [0, 0.1) is 0 Å². The predicted octanol–water partition coefficient (Wildman–Crippen LogP) is 3.65. The van der Waals surface area contributed by atoms with Gasteiger partial charge in [0.25, 0.3) is 0 Å². The van der Waals surface area contributed by atoms with Gasteiger partial charge in [-0.3, -0.25) is 4.99 Å². The molecule has 1 aromatic rings. The summed E-state index contributed by atoms with van der Waals surface area (Å²) in [5.74, 6) is 1.37. The number of anilines is 1. The maximum absolute atomic E-state index is 12.1. The van der Waals surface area contributed by atoms with Crippen LogP contribution in [-0.4, -0.2) is 39.4 Å². The van der Waals surface area contributed by atoms with Crippen molar-refractivity contribution < 1.29 is 22.6 Å². The lowest BCUT2D eigenvalue weighted by Gasteiger charge is -2.15. The molecule has 0 aliphatic carbocycles. The maximum atomic E-state index is 12.1. The van der Waals surface area contributed by atoms with Crippen LogP contribution < -0.4 is 20.1 Å². The second kappa shape index (κ2) is 10.4. The van der Waals surface area contributed by atoms with Crippen LogP contribution in [0.4, 0.5) is 18.9 Å². The molecule has 0 saturated carbocycles. The van der Waals surface area contributed by atoms with Gasteiger partial charge in [0.05, 0.1) is 20.1 Å². The fourth-order valence-electron chi connectivity index (χ4n) is 1.66. The topological polar surface area (TPSA) is 54.9 Å². The third-order valence-corrected chi connectivity index (χ3v) is 2.65. The Morgan fingerprint density at radius 1 is 1.26 bits per heavy atom. The normalized spacial score (nSPS) is 11.5. The number of rotatable bonds is 6. The molecule has 0 spiro atoms. The highest BCUT2D eigenvalue weighted by Crippen LogP contribution is 2.30. The Kier molecular flexibility index (Phi) is 9.77. The van der Waals surface area contributed by atoms with Gasteiger partial charge in [-0.2, -0.15) is 13.2 Å². The molecule has 0 radical (unpaired) electrons. The van der Waals surface area contributed by atoms with Gasteiger partial charge in [-0.25, -0.2) is 0 Å². The van der Waals surface area contributed by atoms with E-state index in [4.69, 9.17) is 9.47 Å². The molecule has 1 aromatic carbocycles. The highest BCUT2D eigenvalue weighted by Gasteiger charge is 2.26. The van der Waals surface area contributed by atoms with Gasteiger partial charge in [0.2, 0.25) is 0 Å². The fraction of sp³-hybridized carbons (Fsp3) is 0.500. The molecule has 0 amide bonds. The lowest BCUT2D eigenvalue weighted by molar-refractivity contribution is -0.132. The van der Waals surface area contributed by atoms with E-state index in [1.165, 1.54) is 14.2 Å². The molecule has 0 saturated heterocycles. The first-order valence-corrected chi connectivity index (χ1v) is 6.75. The van der Waals surface area contributed by atoms with Crippen LogP contribution in [0.1, 0.15) is 13.3 Å². The van der Waals surface area contributed by atoms with Crippen molar-refractivity contribution >= 4 is 35.6 Å². The molecule has 0 atom stereocenters. The first-order chi connectivity index (χ1) is 10.4. The van der Waals surface area contributed by atoms with Crippen LogP contribution in [0.5, 0.6) is 11.5 Å². The summed E-state index contributed by atoms with van der Waals surface area (Å²) in [6, 6.07) is 5.12. The summed E-state index contributed by atoms with van der Waals surface area (Å²) in [7, 11) is 3.01. The van der Waals surface area contributed by atoms with E-state index in [2.05, 4.69) is 15.6 Å². The fourth-order valence-corrected chi connectivity index (χ4v) is 1.66. The van der Waals surface area contributed by atoms with E-state index in [-0.39, 0.29) is 36.5 Å². The minimum atomic E-state index is -4.20. The molecule has 5 nitrogen and oxygen atoms in total. The number of alkyl halides is 3. The third kappa shape index (κ3) is 8.14. The molecular formula is C14H21F3IN3O2. The predicted molar refractivity (Wildman–Crippen MR) is 95.2 cm³/mol. The van der Waals surface area contributed by atoms with Gasteiger partial charge in [-0.1, -0.05) is 0 Å². The summed E-state index contributed by atoms with van der Waals surface area (Å²) in [6.45, 7) is 2.06.